The summed E-state index contributed by atoms with van der Waals surface area (Å²) in [6.07, 6.45) is 18.6. The van der Waals surface area contributed by atoms with Gasteiger partial charge in [0.2, 0.25) is 0 Å². The van der Waals surface area contributed by atoms with Crippen LogP contribution in [0.15, 0.2) is 85.1 Å². The zero-order valence-corrected chi connectivity index (χ0v) is 35.0. The van der Waals surface area contributed by atoms with E-state index in [9.17, 15) is 19.8 Å². The molecule has 0 radical (unpaired) electrons. The maximum Gasteiger partial charge on any atom is 0.163 e. The zero-order valence-electron chi connectivity index (χ0n) is 35.0. The fraction of sp³-hybridized carbons (Fsp3) is 0.460. The lowest BCUT2D eigenvalue weighted by Gasteiger charge is -2.37. The van der Waals surface area contributed by atoms with E-state index in [1.54, 1.807) is 24.4 Å². The van der Waals surface area contributed by atoms with E-state index in [0.717, 1.165) is 74.5 Å². The lowest BCUT2D eigenvalue weighted by atomic mass is 9.76. The van der Waals surface area contributed by atoms with Gasteiger partial charge in [-0.1, -0.05) is 86.9 Å². The summed E-state index contributed by atoms with van der Waals surface area (Å²) in [6.45, 7) is 2.53. The molecule has 1 heterocycles. The third-order valence-corrected chi connectivity index (χ3v) is 12.4. The van der Waals surface area contributed by atoms with Gasteiger partial charge in [0.15, 0.2) is 17.3 Å². The van der Waals surface area contributed by atoms with E-state index in [-0.39, 0.29) is 35.9 Å². The van der Waals surface area contributed by atoms with Crippen LogP contribution in [0.1, 0.15) is 116 Å². The minimum atomic E-state index is -0.258. The summed E-state index contributed by atoms with van der Waals surface area (Å²) in [4.78, 5) is 30.5. The number of hydrogen-bond donors (Lipinski definition) is 4. The molecule has 4 aromatic rings. The first-order chi connectivity index (χ1) is 28.1. The molecule has 58 heavy (non-hydrogen) atoms. The second-order valence-electron chi connectivity index (χ2n) is 16.5. The van der Waals surface area contributed by atoms with Crippen molar-refractivity contribution in [3.63, 3.8) is 0 Å². The fourth-order valence-electron chi connectivity index (χ4n) is 8.99. The van der Waals surface area contributed by atoms with Crippen LogP contribution in [0.25, 0.3) is 6.08 Å². The molecular weight excluding hydrogens is 723 g/mol. The molecule has 0 spiro atoms. The number of carbonyl (C=O) groups is 2. The molecule has 1 aromatic heterocycles. The number of nitrogens with zero attached hydrogens (tertiary/aromatic N) is 1. The number of aryl methyl sites for hydroxylation is 4. The van der Waals surface area contributed by atoms with Gasteiger partial charge in [-0.25, -0.2) is 4.98 Å². The predicted octanol–water partition coefficient (Wildman–Crippen LogP) is 9.20. The smallest absolute Gasteiger partial charge is 0.163 e. The van der Waals surface area contributed by atoms with Crippen LogP contribution in [0.4, 0.5) is 5.82 Å². The summed E-state index contributed by atoms with van der Waals surface area (Å²) >= 11 is 0. The van der Waals surface area contributed by atoms with Crippen molar-refractivity contribution in [2.45, 2.75) is 115 Å². The van der Waals surface area contributed by atoms with Crippen molar-refractivity contribution >= 4 is 23.5 Å². The number of nitrogen functional groups attached to an aromatic ring is 1. The Balaban J connectivity index is 1.19. The Labute approximate surface area is 346 Å². The first-order valence-electron chi connectivity index (χ1n) is 21.4. The number of aliphatic hydroxyl groups excluding tert-OH is 1. The molecule has 8 nitrogen and oxygen atoms in total. The molecule has 0 unspecified atom stereocenters. The standard InChI is InChI=1S/C50H65N3O5/c1-36(50(52-2)25-7-8-26-50)28-38(17-11-27-54)16-10-18-45(55)34-46(56)24-23-41-32-48(58-3)47(57)31-43(41)30-44-35-53-49(51)33-42(44)22-21-40-15-9-14-39(29-40)20-19-37-12-5-4-6-13-37/h4-6,9,12-15,23-24,29,31-33,35-36,38,52,54,57H,7-8,10-11,16-22,25-28,30,34H2,1-3H3,(H2,51,53)/b24-23+/t36-,38+/m1/s1. The van der Waals surface area contributed by atoms with Gasteiger partial charge < -0.3 is 26.0 Å². The van der Waals surface area contributed by atoms with Gasteiger partial charge in [-0.2, -0.15) is 0 Å². The molecule has 1 aliphatic rings. The number of ether oxygens (including phenoxy) is 1. The van der Waals surface area contributed by atoms with Crippen molar-refractivity contribution in [1.29, 1.82) is 0 Å². The number of phenolic OH excluding ortho intramolecular Hbond substituents is 1. The maximum absolute atomic E-state index is 13.1. The molecule has 0 aliphatic heterocycles. The van der Waals surface area contributed by atoms with Crippen molar-refractivity contribution in [3.8, 4) is 11.5 Å². The highest BCUT2D eigenvalue weighted by atomic mass is 16.5. The van der Waals surface area contributed by atoms with Gasteiger partial charge in [0.05, 0.1) is 13.5 Å². The van der Waals surface area contributed by atoms with Crippen LogP contribution in [-0.2, 0) is 41.7 Å². The van der Waals surface area contributed by atoms with Gasteiger partial charge in [0, 0.05) is 24.8 Å². The summed E-state index contributed by atoms with van der Waals surface area (Å²) in [5.74, 6) is 1.40. The number of aromatic hydroxyl groups is 1. The van der Waals surface area contributed by atoms with Crippen molar-refractivity contribution in [3.05, 3.63) is 124 Å². The highest BCUT2D eigenvalue weighted by Gasteiger charge is 2.38. The summed E-state index contributed by atoms with van der Waals surface area (Å²) in [5, 5.41) is 23.9. The average molecular weight is 788 g/mol. The summed E-state index contributed by atoms with van der Waals surface area (Å²) in [5.41, 5.74) is 13.8. The first kappa shape index (κ1) is 44.3. The predicted molar refractivity (Wildman–Crippen MR) is 235 cm³/mol. The Morgan fingerprint density at radius 1 is 0.897 bits per heavy atom. The quantitative estimate of drug-likeness (QED) is 0.0408. The largest absolute Gasteiger partial charge is 0.504 e. The van der Waals surface area contributed by atoms with Crippen LogP contribution in [-0.4, -0.2) is 53.1 Å². The molecular formula is C50H65N3O5. The van der Waals surface area contributed by atoms with Gasteiger partial charge in [-0.3, -0.25) is 9.59 Å². The third kappa shape index (κ3) is 13.1. The van der Waals surface area contributed by atoms with Crippen molar-refractivity contribution in [1.82, 2.24) is 10.3 Å². The first-order valence-corrected chi connectivity index (χ1v) is 21.4. The number of methoxy groups -OCH3 is 1. The van der Waals surface area contributed by atoms with E-state index in [0.29, 0.717) is 41.8 Å². The Morgan fingerprint density at radius 2 is 1.59 bits per heavy atom. The number of hydrogen-bond acceptors (Lipinski definition) is 8. The van der Waals surface area contributed by atoms with Crippen LogP contribution in [0, 0.1) is 11.8 Å². The molecule has 0 amide bonds. The number of anilines is 1. The number of aliphatic hydroxyl groups is 1. The number of aromatic nitrogens is 1. The maximum atomic E-state index is 13.1. The summed E-state index contributed by atoms with van der Waals surface area (Å²) in [6, 6.07) is 24.6. The molecule has 3 aromatic carbocycles. The van der Waals surface area contributed by atoms with Gasteiger partial charge in [-0.05, 0) is 153 Å². The highest BCUT2D eigenvalue weighted by Crippen LogP contribution is 2.40. The number of nitrogens with one attached hydrogen (secondary N) is 1. The molecule has 8 heteroatoms. The van der Waals surface area contributed by atoms with Gasteiger partial charge in [0.25, 0.3) is 0 Å². The Morgan fingerprint density at radius 3 is 2.29 bits per heavy atom. The molecule has 1 fully saturated rings. The van der Waals surface area contributed by atoms with Gasteiger partial charge in [0.1, 0.15) is 11.6 Å². The van der Waals surface area contributed by atoms with E-state index >= 15 is 0 Å². The molecule has 1 saturated carbocycles. The van der Waals surface area contributed by atoms with Gasteiger partial charge >= 0.3 is 0 Å². The molecule has 0 saturated heterocycles. The van der Waals surface area contributed by atoms with E-state index < -0.39 is 0 Å². The van der Waals surface area contributed by atoms with Crippen molar-refractivity contribution in [2.24, 2.45) is 11.8 Å². The lowest BCUT2D eigenvalue weighted by molar-refractivity contribution is -0.124. The van der Waals surface area contributed by atoms with E-state index in [1.807, 2.05) is 12.1 Å². The Hall–Kier alpha value is -4.79. The number of Topliss-reactive ketones (excluding diaryl/α,β-unsaturated/α-hetero) is 1. The monoisotopic (exact) mass is 787 g/mol. The van der Waals surface area contributed by atoms with Crippen LogP contribution < -0.4 is 15.8 Å². The summed E-state index contributed by atoms with van der Waals surface area (Å²) < 4.78 is 5.42. The van der Waals surface area contributed by atoms with Crippen LogP contribution >= 0.6 is 0 Å². The summed E-state index contributed by atoms with van der Waals surface area (Å²) in [7, 11) is 3.57. The number of rotatable bonds is 24. The number of allylic oxidation sites excluding steroid dienone is 1. The van der Waals surface area contributed by atoms with E-state index in [2.05, 4.69) is 72.8 Å². The molecule has 310 valence electrons. The average Bonchev–Trinajstić information content (AvgIpc) is 3.73. The number of carbonyl (C=O) groups excluding carboxylic acids is 2. The number of ketones is 2. The third-order valence-electron chi connectivity index (χ3n) is 12.4. The van der Waals surface area contributed by atoms with E-state index in [4.69, 9.17) is 10.5 Å². The number of pyridine rings is 1. The lowest BCUT2D eigenvalue weighted by Crippen LogP contribution is -2.46. The second kappa shape index (κ2) is 22.4. The minimum Gasteiger partial charge on any atom is -0.504 e. The minimum absolute atomic E-state index is 0.00415. The number of nitrogens with two attached hydrogens (primary N) is 1. The number of phenols is 1. The topological polar surface area (TPSA) is 135 Å². The number of benzene rings is 3. The van der Waals surface area contributed by atoms with Gasteiger partial charge in [-0.15, -0.1) is 0 Å². The highest BCUT2D eigenvalue weighted by molar-refractivity contribution is 6.06. The molecule has 5 N–H and O–H groups in total. The van der Waals surface area contributed by atoms with E-state index in [1.165, 1.54) is 55.6 Å². The molecule has 2 atom stereocenters. The molecule has 5 rings (SSSR count). The Bertz CT molecular complexity index is 1950. The van der Waals surface area contributed by atoms with Crippen LogP contribution in [0.2, 0.25) is 0 Å². The SMILES string of the molecule is CNC1([C@H](C)C[C@H](CCCO)CCCC(=O)CC(=O)/C=C/c2cc(OC)c(O)cc2Cc2cnc(N)cc2CCc2cccc(CCc3ccccc3)c2)CCCC1. The normalized spacial score (nSPS) is 14.8. The zero-order chi connectivity index (χ0) is 41.3. The van der Waals surface area contributed by atoms with Crippen molar-refractivity contribution < 1.29 is 24.5 Å². The molecule has 1 aliphatic carbocycles. The molecule has 0 bridgehead atoms. The Kier molecular flexibility index (Phi) is 17.1. The van der Waals surface area contributed by atoms with Crippen LogP contribution in [0.3, 0.4) is 0 Å². The second-order valence-corrected chi connectivity index (χ2v) is 16.5. The fourth-order valence-corrected chi connectivity index (χ4v) is 8.99. The van der Waals surface area contributed by atoms with Crippen molar-refractivity contribution in [2.75, 3.05) is 26.5 Å². The van der Waals surface area contributed by atoms with Crippen LogP contribution in [0.5, 0.6) is 11.5 Å².